The minimum Gasteiger partial charge on any atom is -0.469 e. The van der Waals surface area contributed by atoms with Gasteiger partial charge >= 0.3 is 12.0 Å². The minimum atomic E-state index is -0.294. The van der Waals surface area contributed by atoms with Gasteiger partial charge in [0, 0.05) is 18.8 Å². The number of aryl methyl sites for hydroxylation is 1. The molecule has 0 radical (unpaired) electrons. The molecular formula is C28H41N3O3. The molecule has 0 bridgehead atoms. The van der Waals surface area contributed by atoms with Crippen LogP contribution in [0.2, 0.25) is 0 Å². The van der Waals surface area contributed by atoms with Crippen LogP contribution in [0.3, 0.4) is 0 Å². The molecule has 0 spiro atoms. The lowest BCUT2D eigenvalue weighted by Gasteiger charge is -2.31. The van der Waals surface area contributed by atoms with Crippen LogP contribution in [0.25, 0.3) is 0 Å². The molecule has 0 fully saturated rings. The highest BCUT2D eigenvalue weighted by molar-refractivity contribution is 6.02. The van der Waals surface area contributed by atoms with Crippen molar-refractivity contribution < 1.29 is 14.3 Å². The monoisotopic (exact) mass is 467 g/mol. The zero-order chi connectivity index (χ0) is 25.3. The molecule has 6 heteroatoms. The predicted molar refractivity (Wildman–Crippen MR) is 142 cm³/mol. The minimum absolute atomic E-state index is 0.0193. The van der Waals surface area contributed by atoms with Crippen molar-refractivity contribution in [1.82, 2.24) is 0 Å². The molecule has 0 aliphatic heterocycles. The van der Waals surface area contributed by atoms with Gasteiger partial charge < -0.3 is 20.3 Å². The van der Waals surface area contributed by atoms with Crippen LogP contribution >= 0.6 is 0 Å². The van der Waals surface area contributed by atoms with Crippen molar-refractivity contribution in [2.75, 3.05) is 35.7 Å². The van der Waals surface area contributed by atoms with Crippen molar-refractivity contribution in [3.63, 3.8) is 0 Å². The Balaban J connectivity index is 2.41. The maximum absolute atomic E-state index is 12.9. The summed E-state index contributed by atoms with van der Waals surface area (Å²) in [6.45, 7) is 14.6. The number of methoxy groups -OCH3 is 1. The highest BCUT2D eigenvalue weighted by atomic mass is 16.5. The molecule has 0 saturated heterocycles. The summed E-state index contributed by atoms with van der Waals surface area (Å²) >= 11 is 0. The Labute approximate surface area is 205 Å². The van der Waals surface area contributed by atoms with Crippen molar-refractivity contribution in [2.24, 2.45) is 11.8 Å². The fraction of sp³-hybridized carbons (Fsp3) is 0.500. The molecule has 0 aliphatic carbocycles. The molecular weight excluding hydrogens is 426 g/mol. The van der Waals surface area contributed by atoms with Crippen molar-refractivity contribution >= 4 is 29.1 Å². The summed E-state index contributed by atoms with van der Waals surface area (Å²) in [6, 6.07) is 13.6. The molecule has 2 aromatic carbocycles. The van der Waals surface area contributed by atoms with Crippen molar-refractivity contribution in [2.45, 2.75) is 60.3 Å². The number of carbonyl (C=O) groups excluding carboxylic acids is 2. The summed E-state index contributed by atoms with van der Waals surface area (Å²) in [5, 5.41) is 6.01. The summed E-state index contributed by atoms with van der Waals surface area (Å²) < 4.78 is 4.90. The number of anilines is 3. The Morgan fingerprint density at radius 3 is 2.09 bits per heavy atom. The van der Waals surface area contributed by atoms with Gasteiger partial charge in [-0.05, 0) is 60.9 Å². The first-order valence-electron chi connectivity index (χ1n) is 12.2. The van der Waals surface area contributed by atoms with E-state index in [1.165, 1.54) is 7.11 Å². The number of nitrogens with one attached hydrogen (secondary N) is 2. The Bertz CT molecular complexity index is 928. The van der Waals surface area contributed by atoms with E-state index >= 15 is 0 Å². The lowest BCUT2D eigenvalue weighted by atomic mass is 9.92. The third-order valence-corrected chi connectivity index (χ3v) is 5.69. The van der Waals surface area contributed by atoms with Crippen molar-refractivity contribution in [3.8, 4) is 0 Å². The summed E-state index contributed by atoms with van der Waals surface area (Å²) in [5.74, 6) is 0.723. The molecule has 0 aromatic heterocycles. The Hall–Kier alpha value is -3.02. The first-order chi connectivity index (χ1) is 16.1. The zero-order valence-electron chi connectivity index (χ0n) is 21.8. The Morgan fingerprint density at radius 1 is 0.941 bits per heavy atom. The van der Waals surface area contributed by atoms with E-state index in [1.807, 2.05) is 37.3 Å². The normalized spacial score (nSPS) is 11.9. The number of rotatable bonds is 11. The van der Waals surface area contributed by atoms with E-state index in [2.05, 4.69) is 62.3 Å². The van der Waals surface area contributed by atoms with Gasteiger partial charge in [0.25, 0.3) is 0 Å². The number of esters is 1. The van der Waals surface area contributed by atoms with Gasteiger partial charge in [-0.1, -0.05) is 58.4 Å². The quantitative estimate of drug-likeness (QED) is 0.356. The number of ether oxygens (including phenoxy) is 1. The number of amides is 2. The fourth-order valence-electron chi connectivity index (χ4n) is 4.04. The topological polar surface area (TPSA) is 70.7 Å². The van der Waals surface area contributed by atoms with Gasteiger partial charge in [0.2, 0.25) is 0 Å². The summed E-state index contributed by atoms with van der Waals surface area (Å²) in [7, 11) is 1.41. The van der Waals surface area contributed by atoms with Crippen LogP contribution in [0.15, 0.2) is 42.5 Å². The first-order valence-corrected chi connectivity index (χ1v) is 12.2. The lowest BCUT2D eigenvalue weighted by molar-refractivity contribution is -0.141. The number of carbonyl (C=O) groups is 2. The fourth-order valence-corrected chi connectivity index (χ4v) is 4.04. The lowest BCUT2D eigenvalue weighted by Crippen LogP contribution is -2.32. The molecule has 34 heavy (non-hydrogen) atoms. The van der Waals surface area contributed by atoms with Gasteiger partial charge in [-0.3, -0.25) is 4.79 Å². The molecule has 6 nitrogen and oxygen atoms in total. The average Bonchev–Trinajstić information content (AvgIpc) is 2.77. The highest BCUT2D eigenvalue weighted by Gasteiger charge is 2.20. The molecule has 2 aromatic rings. The summed E-state index contributed by atoms with van der Waals surface area (Å²) in [5.41, 5.74) is 4.61. The molecule has 0 aliphatic rings. The molecule has 1 atom stereocenters. The largest absolute Gasteiger partial charge is 0.469 e. The van der Waals surface area contributed by atoms with Gasteiger partial charge in [0.05, 0.1) is 24.9 Å². The predicted octanol–water partition coefficient (Wildman–Crippen LogP) is 6.81. The second-order valence-corrected chi connectivity index (χ2v) is 9.80. The average molecular weight is 468 g/mol. The van der Waals surface area contributed by atoms with Gasteiger partial charge in [-0.25, -0.2) is 4.79 Å². The van der Waals surface area contributed by atoms with Crippen LogP contribution in [-0.4, -0.2) is 32.2 Å². The van der Waals surface area contributed by atoms with Crippen LogP contribution in [0.4, 0.5) is 21.9 Å². The van der Waals surface area contributed by atoms with E-state index in [9.17, 15) is 9.59 Å². The highest BCUT2D eigenvalue weighted by Crippen LogP contribution is 2.34. The molecule has 186 valence electrons. The van der Waals surface area contributed by atoms with E-state index in [4.69, 9.17) is 4.74 Å². The van der Waals surface area contributed by atoms with E-state index in [1.54, 1.807) is 0 Å². The van der Waals surface area contributed by atoms with E-state index in [-0.39, 0.29) is 17.9 Å². The van der Waals surface area contributed by atoms with E-state index in [0.717, 1.165) is 47.7 Å². The van der Waals surface area contributed by atoms with Crippen LogP contribution < -0.4 is 15.5 Å². The molecule has 2 N–H and O–H groups in total. The first kappa shape index (κ1) is 27.2. The SMILES string of the molecule is CC[C@@H](CC(=O)OC)c1ccc(N(CC(C)C)CC(C)C)c(NC(=O)Nc2ccc(C)cc2)c1. The number of hydrogen-bond acceptors (Lipinski definition) is 4. The van der Waals surface area contributed by atoms with E-state index in [0.29, 0.717) is 18.3 Å². The molecule has 2 amide bonds. The third-order valence-electron chi connectivity index (χ3n) is 5.69. The van der Waals surface area contributed by atoms with Gasteiger partial charge in [-0.2, -0.15) is 0 Å². The van der Waals surface area contributed by atoms with E-state index < -0.39 is 0 Å². The maximum Gasteiger partial charge on any atom is 0.323 e. The van der Waals surface area contributed by atoms with Crippen LogP contribution in [0.1, 0.15) is 64.5 Å². The Morgan fingerprint density at radius 2 is 1.56 bits per heavy atom. The molecule has 0 heterocycles. The molecule has 0 saturated carbocycles. The van der Waals surface area contributed by atoms with Gasteiger partial charge in [0.1, 0.15) is 0 Å². The van der Waals surface area contributed by atoms with Crippen molar-refractivity contribution in [1.29, 1.82) is 0 Å². The number of benzene rings is 2. The molecule has 0 unspecified atom stereocenters. The Kier molecular flexibility index (Phi) is 10.4. The van der Waals surface area contributed by atoms with Crippen LogP contribution in [-0.2, 0) is 9.53 Å². The smallest absolute Gasteiger partial charge is 0.323 e. The van der Waals surface area contributed by atoms with Gasteiger partial charge in [0.15, 0.2) is 0 Å². The zero-order valence-corrected chi connectivity index (χ0v) is 21.8. The maximum atomic E-state index is 12.9. The third kappa shape index (κ3) is 8.40. The summed E-state index contributed by atoms with van der Waals surface area (Å²) in [4.78, 5) is 27.2. The summed E-state index contributed by atoms with van der Waals surface area (Å²) in [6.07, 6.45) is 1.11. The van der Waals surface area contributed by atoms with Crippen LogP contribution in [0, 0.1) is 18.8 Å². The standard InChI is InChI=1S/C28H41N3O3/c1-8-22(16-27(32)34-7)23-11-14-26(31(17-19(2)3)18-20(4)5)25(15-23)30-28(33)29-24-12-9-21(6)10-13-24/h9-15,19-20,22H,8,16-18H2,1-7H3,(H2,29,30,33)/t22-/m0/s1. The van der Waals surface area contributed by atoms with Crippen LogP contribution in [0.5, 0.6) is 0 Å². The molecule has 2 rings (SSSR count). The number of hydrogen-bond donors (Lipinski definition) is 2. The second kappa shape index (κ2) is 13.0. The second-order valence-electron chi connectivity index (χ2n) is 9.80. The van der Waals surface area contributed by atoms with Crippen molar-refractivity contribution in [3.05, 3.63) is 53.6 Å². The number of urea groups is 1. The number of nitrogens with zero attached hydrogens (tertiary/aromatic N) is 1. The van der Waals surface area contributed by atoms with Gasteiger partial charge in [-0.15, -0.1) is 0 Å².